The number of benzene rings is 3. The van der Waals surface area contributed by atoms with Gasteiger partial charge in [0.25, 0.3) is 10.1 Å². The van der Waals surface area contributed by atoms with Crippen molar-refractivity contribution in [3.63, 3.8) is 0 Å². The van der Waals surface area contributed by atoms with Crippen molar-refractivity contribution >= 4 is 67.3 Å². The Bertz CT molecular complexity index is 1300. The predicted octanol–water partition coefficient (Wildman–Crippen LogP) is -1.25. The van der Waals surface area contributed by atoms with Gasteiger partial charge in [-0.3, -0.25) is 4.55 Å². The molecule has 11 heteroatoms. The molecule has 32 heavy (non-hydrogen) atoms. The van der Waals surface area contributed by atoms with Crippen LogP contribution in [0.15, 0.2) is 48.5 Å². The van der Waals surface area contributed by atoms with Crippen molar-refractivity contribution in [2.45, 2.75) is 6.32 Å². The fourth-order valence-electron chi connectivity index (χ4n) is 3.60. The van der Waals surface area contributed by atoms with Crippen LogP contribution in [0.2, 0.25) is 0 Å². The van der Waals surface area contributed by atoms with Crippen LogP contribution < -0.4 is 15.7 Å². The molecule has 0 fully saturated rings. The highest BCUT2D eigenvalue weighted by Gasteiger charge is 2.21. The number of hydrogen-bond donors (Lipinski definition) is 1. The van der Waals surface area contributed by atoms with Crippen LogP contribution >= 0.6 is 0 Å². The lowest BCUT2D eigenvalue weighted by Crippen LogP contribution is -2.22. The highest BCUT2D eigenvalue weighted by Crippen LogP contribution is 2.26. The van der Waals surface area contributed by atoms with Gasteiger partial charge in [0.05, 0.1) is 11.1 Å². The number of carbonyl (C=O) groups is 2. The van der Waals surface area contributed by atoms with Gasteiger partial charge in [-0.15, -0.1) is 0 Å². The van der Waals surface area contributed by atoms with Gasteiger partial charge in [0, 0.05) is 5.39 Å². The van der Waals surface area contributed by atoms with E-state index in [1.54, 1.807) is 30.3 Å². The Morgan fingerprint density at radius 1 is 0.969 bits per heavy atom. The highest BCUT2D eigenvalue weighted by molar-refractivity contribution is 7.85. The van der Waals surface area contributed by atoms with Gasteiger partial charge in [0.2, 0.25) is 0 Å². The van der Waals surface area contributed by atoms with Crippen LogP contribution in [-0.4, -0.2) is 60.8 Å². The fourth-order valence-corrected chi connectivity index (χ4v) is 3.89. The molecule has 0 aromatic heterocycles. The van der Waals surface area contributed by atoms with Crippen molar-refractivity contribution in [2.75, 3.05) is 12.4 Å². The molecule has 7 nitrogen and oxygen atoms in total. The van der Waals surface area contributed by atoms with E-state index in [4.69, 9.17) is 14.0 Å². The van der Waals surface area contributed by atoms with E-state index < -0.39 is 34.4 Å². The summed E-state index contributed by atoms with van der Waals surface area (Å²) in [6.45, 7) is -0.511. The third-order valence-electron chi connectivity index (χ3n) is 4.99. The minimum Gasteiger partial charge on any atom is -0.461 e. The monoisotopic (exact) mass is 450 g/mol. The molecule has 0 saturated carbocycles. The quantitative estimate of drug-likeness (QED) is 0.208. The van der Waals surface area contributed by atoms with Crippen LogP contribution in [0.1, 0.15) is 26.3 Å². The van der Waals surface area contributed by atoms with Crippen molar-refractivity contribution in [3.8, 4) is 5.75 Å². The van der Waals surface area contributed by atoms with E-state index in [0.29, 0.717) is 22.8 Å². The molecular weight excluding hydrogens is 429 g/mol. The van der Waals surface area contributed by atoms with Gasteiger partial charge in [0.15, 0.2) is 0 Å². The SMILES string of the molecule is BCc1cc(B)cc(B)c1OC(=O)c1cccc2cccc(C(=O)OCCS(=O)(=O)O)c12. The van der Waals surface area contributed by atoms with Crippen molar-refractivity contribution in [1.82, 2.24) is 0 Å². The molecule has 0 spiro atoms. The van der Waals surface area contributed by atoms with Gasteiger partial charge in [-0.1, -0.05) is 48.2 Å². The second-order valence-electron chi connectivity index (χ2n) is 7.44. The number of hydrogen-bond acceptors (Lipinski definition) is 6. The Hall–Kier alpha value is -3.04. The first-order chi connectivity index (χ1) is 15.1. The third-order valence-corrected chi connectivity index (χ3v) is 5.67. The van der Waals surface area contributed by atoms with Gasteiger partial charge in [0.1, 0.15) is 41.6 Å². The van der Waals surface area contributed by atoms with Crippen LogP contribution in [0.25, 0.3) is 10.8 Å². The number of fused-ring (bicyclic) bond motifs is 1. The largest absolute Gasteiger partial charge is 0.461 e. The molecule has 1 N–H and O–H groups in total. The number of carbonyl (C=O) groups excluding carboxylic acids is 2. The summed E-state index contributed by atoms with van der Waals surface area (Å²) in [6, 6.07) is 13.8. The zero-order valence-corrected chi connectivity index (χ0v) is 18.9. The predicted molar refractivity (Wildman–Crippen MR) is 131 cm³/mol. The van der Waals surface area contributed by atoms with Crippen LogP contribution in [0.4, 0.5) is 0 Å². The first kappa shape index (κ1) is 23.6. The average Bonchev–Trinajstić information content (AvgIpc) is 2.73. The molecule has 0 atom stereocenters. The summed E-state index contributed by atoms with van der Waals surface area (Å²) in [4.78, 5) is 25.8. The molecule has 0 bridgehead atoms. The van der Waals surface area contributed by atoms with Crippen LogP contribution in [0, 0.1) is 0 Å². The number of rotatable bonds is 7. The summed E-state index contributed by atoms with van der Waals surface area (Å²) >= 11 is 0. The molecule has 0 saturated heterocycles. The van der Waals surface area contributed by atoms with Crippen molar-refractivity contribution in [3.05, 3.63) is 65.2 Å². The Kier molecular flexibility index (Phi) is 7.10. The van der Waals surface area contributed by atoms with Crippen LogP contribution in [0.5, 0.6) is 5.75 Å². The number of esters is 2. The first-order valence-electron chi connectivity index (χ1n) is 10.1. The molecule has 3 aromatic carbocycles. The highest BCUT2D eigenvalue weighted by atomic mass is 32.2. The lowest BCUT2D eigenvalue weighted by Gasteiger charge is -2.15. The number of ether oxygens (including phenoxy) is 2. The molecule has 0 radical (unpaired) electrons. The minimum absolute atomic E-state index is 0.0988. The lowest BCUT2D eigenvalue weighted by atomic mass is 9.81. The second kappa shape index (κ2) is 9.62. The fraction of sp³-hybridized carbons (Fsp3) is 0.143. The van der Waals surface area contributed by atoms with E-state index in [9.17, 15) is 18.0 Å². The molecule has 0 unspecified atom stereocenters. The van der Waals surface area contributed by atoms with Crippen molar-refractivity contribution < 1.29 is 32.0 Å². The molecule has 0 aliphatic carbocycles. The summed E-state index contributed by atoms with van der Waals surface area (Å²) in [7, 11) is 1.56. The summed E-state index contributed by atoms with van der Waals surface area (Å²) in [5.41, 5.74) is 3.09. The summed E-state index contributed by atoms with van der Waals surface area (Å²) < 4.78 is 41.4. The van der Waals surface area contributed by atoms with E-state index in [0.717, 1.165) is 16.5 Å². The molecule has 3 aromatic rings. The molecule has 3 rings (SSSR count). The summed E-state index contributed by atoms with van der Waals surface area (Å²) in [6.07, 6.45) is 0.687. The molecule has 162 valence electrons. The van der Waals surface area contributed by atoms with Crippen molar-refractivity contribution in [1.29, 1.82) is 0 Å². The molecule has 0 aliphatic heterocycles. The van der Waals surface area contributed by atoms with Gasteiger partial charge in [-0.05, 0) is 28.5 Å². The topological polar surface area (TPSA) is 107 Å². The minimum atomic E-state index is -4.27. The van der Waals surface area contributed by atoms with E-state index in [-0.39, 0.29) is 11.1 Å². The smallest absolute Gasteiger partial charge is 0.344 e. The molecule has 0 heterocycles. The standard InChI is InChI=1S/C21H21B3O7S/c22-11-13-9-14(23)10-17(24)19(13)31-21(26)16-6-2-4-12-3-1-5-15(18(12)16)20(25)30-7-8-32(27,28)29/h1-6,9-10H,7-8,11,22-24H2,(H,27,28,29). The van der Waals surface area contributed by atoms with Gasteiger partial charge < -0.3 is 9.47 Å². The lowest BCUT2D eigenvalue weighted by molar-refractivity contribution is 0.0530. The summed E-state index contributed by atoms with van der Waals surface area (Å²) in [5.74, 6) is -1.64. The van der Waals surface area contributed by atoms with Crippen molar-refractivity contribution in [2.24, 2.45) is 0 Å². The third kappa shape index (κ3) is 5.41. The Balaban J connectivity index is 1.99. The zero-order chi connectivity index (χ0) is 23.5. The van der Waals surface area contributed by atoms with Gasteiger partial charge >= 0.3 is 11.9 Å². The molecule has 0 amide bonds. The van der Waals surface area contributed by atoms with Crippen LogP contribution in [0.3, 0.4) is 0 Å². The van der Waals surface area contributed by atoms with Crippen LogP contribution in [-0.2, 0) is 21.2 Å². The average molecular weight is 450 g/mol. The van der Waals surface area contributed by atoms with E-state index in [2.05, 4.69) is 0 Å². The maximum absolute atomic E-state index is 13.2. The Labute approximate surface area is 189 Å². The Morgan fingerprint density at radius 2 is 1.59 bits per heavy atom. The normalized spacial score (nSPS) is 11.3. The molecule has 0 aliphatic rings. The van der Waals surface area contributed by atoms with E-state index in [1.807, 2.05) is 35.7 Å². The van der Waals surface area contributed by atoms with Gasteiger partial charge in [-0.2, -0.15) is 8.42 Å². The molecular formula is C21H21B3O7S. The Morgan fingerprint density at radius 3 is 2.19 bits per heavy atom. The van der Waals surface area contributed by atoms with Gasteiger partial charge in [-0.25, -0.2) is 9.59 Å². The maximum atomic E-state index is 13.2. The zero-order valence-electron chi connectivity index (χ0n) is 18.0. The first-order valence-corrected chi connectivity index (χ1v) is 11.7. The summed E-state index contributed by atoms with van der Waals surface area (Å²) in [5, 5.41) is 0.972. The second-order valence-corrected chi connectivity index (χ2v) is 9.02. The maximum Gasteiger partial charge on any atom is 0.344 e. The van der Waals surface area contributed by atoms with E-state index in [1.165, 1.54) is 6.07 Å². The van der Waals surface area contributed by atoms with E-state index >= 15 is 0 Å².